The number of rotatable bonds is 7. The Morgan fingerprint density at radius 3 is 2.61 bits per heavy atom. The molecule has 33 heavy (non-hydrogen) atoms. The van der Waals surface area contributed by atoms with Gasteiger partial charge in [-0.05, 0) is 73.5 Å². The maximum Gasteiger partial charge on any atom is 0.270 e. The van der Waals surface area contributed by atoms with Crippen LogP contribution in [0.25, 0.3) is 10.9 Å². The van der Waals surface area contributed by atoms with Crippen molar-refractivity contribution < 1.29 is 4.79 Å². The highest BCUT2D eigenvalue weighted by Gasteiger charge is 2.24. The largest absolute Gasteiger partial charge is 0.362 e. The minimum absolute atomic E-state index is 0.0645. The molecule has 0 unspecified atom stereocenters. The van der Waals surface area contributed by atoms with Crippen LogP contribution >= 0.6 is 15.9 Å². The topological polar surface area (TPSA) is 88.0 Å². The van der Waals surface area contributed by atoms with Gasteiger partial charge < -0.3 is 15.5 Å². The first-order valence-corrected chi connectivity index (χ1v) is 12.4. The van der Waals surface area contributed by atoms with Crippen molar-refractivity contribution in [2.75, 3.05) is 30.9 Å². The number of halogens is 1. The molecule has 1 aromatic carbocycles. The highest BCUT2D eigenvalue weighted by Crippen LogP contribution is 2.28. The van der Waals surface area contributed by atoms with Gasteiger partial charge in [0.15, 0.2) is 0 Å². The van der Waals surface area contributed by atoms with E-state index in [9.17, 15) is 4.79 Å². The molecule has 1 amide bonds. The summed E-state index contributed by atoms with van der Waals surface area (Å²) in [5.41, 5.74) is 2.39. The highest BCUT2D eigenvalue weighted by molar-refractivity contribution is 9.10. The fraction of sp³-hybridized carbons (Fsp3) is 0.500. The number of amides is 1. The van der Waals surface area contributed by atoms with Crippen LogP contribution in [0.4, 0.5) is 11.8 Å². The molecule has 1 fully saturated rings. The zero-order valence-electron chi connectivity index (χ0n) is 19.7. The molecule has 2 aromatic heterocycles. The second-order valence-electron chi connectivity index (χ2n) is 8.92. The number of para-hydroxylation sites is 1. The van der Waals surface area contributed by atoms with Crippen LogP contribution in [0, 0.1) is 12.8 Å². The number of fused-ring (bicyclic) bond motifs is 1. The van der Waals surface area contributed by atoms with Gasteiger partial charge in [-0.25, -0.2) is 4.98 Å². The van der Waals surface area contributed by atoms with E-state index in [-0.39, 0.29) is 5.91 Å². The Hall–Kier alpha value is -2.68. The summed E-state index contributed by atoms with van der Waals surface area (Å²) in [7, 11) is 4.01. The number of benzene rings is 1. The van der Waals surface area contributed by atoms with Crippen molar-refractivity contribution in [3.05, 3.63) is 40.1 Å². The quantitative estimate of drug-likeness (QED) is 0.487. The Bertz CT molecular complexity index is 1140. The summed E-state index contributed by atoms with van der Waals surface area (Å²) in [6.45, 7) is 5.24. The van der Waals surface area contributed by atoms with Gasteiger partial charge in [-0.2, -0.15) is 10.1 Å². The van der Waals surface area contributed by atoms with Crippen LogP contribution in [0.3, 0.4) is 0 Å². The predicted octanol–water partition coefficient (Wildman–Crippen LogP) is 4.38. The van der Waals surface area contributed by atoms with Gasteiger partial charge in [0.05, 0.1) is 15.7 Å². The molecule has 0 spiro atoms. The first kappa shape index (κ1) is 23.5. The van der Waals surface area contributed by atoms with Gasteiger partial charge in [-0.15, -0.1) is 0 Å². The summed E-state index contributed by atoms with van der Waals surface area (Å²) < 4.78 is 2.53. The average molecular weight is 514 g/mol. The molecule has 1 aliphatic rings. The summed E-state index contributed by atoms with van der Waals surface area (Å²) in [4.78, 5) is 24.3. The Labute approximate surface area is 203 Å². The number of aromatic nitrogens is 4. The Morgan fingerprint density at radius 1 is 1.18 bits per heavy atom. The maximum absolute atomic E-state index is 12.8. The molecule has 176 valence electrons. The SMILES string of the molecule is CCn1nc(C)c(Br)c1C(=O)NCC1CCC(Nc2nc(N(C)C)c3ccccc3n2)CC1. The van der Waals surface area contributed by atoms with E-state index in [2.05, 4.69) is 37.7 Å². The van der Waals surface area contributed by atoms with E-state index >= 15 is 0 Å². The molecule has 1 aliphatic carbocycles. The highest BCUT2D eigenvalue weighted by atomic mass is 79.9. The van der Waals surface area contributed by atoms with Crippen LogP contribution in [-0.4, -0.2) is 52.3 Å². The van der Waals surface area contributed by atoms with Crippen molar-refractivity contribution in [2.45, 2.75) is 52.1 Å². The van der Waals surface area contributed by atoms with Crippen molar-refractivity contribution in [3.63, 3.8) is 0 Å². The number of nitrogens with one attached hydrogen (secondary N) is 2. The predicted molar refractivity (Wildman–Crippen MR) is 136 cm³/mol. The first-order chi connectivity index (χ1) is 15.9. The van der Waals surface area contributed by atoms with Gasteiger partial charge in [0, 0.05) is 38.6 Å². The Kier molecular flexibility index (Phi) is 7.17. The molecule has 3 aromatic rings. The van der Waals surface area contributed by atoms with Gasteiger partial charge >= 0.3 is 0 Å². The summed E-state index contributed by atoms with van der Waals surface area (Å²) in [5, 5.41) is 12.1. The number of carbonyl (C=O) groups is 1. The van der Waals surface area contributed by atoms with E-state index in [0.717, 1.165) is 52.6 Å². The van der Waals surface area contributed by atoms with Gasteiger partial charge in [-0.3, -0.25) is 9.48 Å². The molecule has 2 N–H and O–H groups in total. The number of carbonyl (C=O) groups excluding carboxylic acids is 1. The van der Waals surface area contributed by atoms with Crippen LogP contribution in [-0.2, 0) is 6.54 Å². The molecule has 2 heterocycles. The van der Waals surface area contributed by atoms with Crippen molar-refractivity contribution >= 4 is 44.5 Å². The monoisotopic (exact) mass is 513 g/mol. The van der Waals surface area contributed by atoms with Crippen LogP contribution in [0.15, 0.2) is 28.7 Å². The second-order valence-corrected chi connectivity index (χ2v) is 9.71. The van der Waals surface area contributed by atoms with Crippen molar-refractivity contribution in [1.29, 1.82) is 0 Å². The third-order valence-corrected chi connectivity index (χ3v) is 7.26. The smallest absolute Gasteiger partial charge is 0.270 e. The summed E-state index contributed by atoms with van der Waals surface area (Å²) in [5.74, 6) is 2.01. The van der Waals surface area contributed by atoms with Gasteiger partial charge in [0.2, 0.25) is 5.95 Å². The number of hydrogen-bond acceptors (Lipinski definition) is 6. The molecule has 0 saturated heterocycles. The van der Waals surface area contributed by atoms with E-state index in [1.54, 1.807) is 4.68 Å². The maximum atomic E-state index is 12.8. The zero-order valence-corrected chi connectivity index (χ0v) is 21.3. The van der Waals surface area contributed by atoms with Crippen molar-refractivity contribution in [1.82, 2.24) is 25.1 Å². The Morgan fingerprint density at radius 2 is 1.91 bits per heavy atom. The molecule has 8 nitrogen and oxygen atoms in total. The molecular formula is C24H32BrN7O. The third kappa shape index (κ3) is 5.13. The number of aryl methyl sites for hydroxylation is 2. The number of hydrogen-bond donors (Lipinski definition) is 2. The molecule has 4 rings (SSSR count). The molecule has 0 aliphatic heterocycles. The van der Waals surface area contributed by atoms with Crippen molar-refractivity contribution in [3.8, 4) is 0 Å². The standard InChI is InChI=1S/C24H32BrN7O/c1-5-32-21(20(25)15(2)30-32)23(33)26-14-16-10-12-17(13-11-16)27-24-28-19-9-7-6-8-18(19)22(29-24)31(3)4/h6-9,16-17H,5,10-14H2,1-4H3,(H,26,33)(H,27,28,29). The molecular weight excluding hydrogens is 482 g/mol. The van der Waals surface area contributed by atoms with Crippen LogP contribution in [0.1, 0.15) is 48.8 Å². The number of anilines is 2. The van der Waals surface area contributed by atoms with E-state index in [1.807, 2.05) is 51.0 Å². The number of nitrogens with zero attached hydrogens (tertiary/aromatic N) is 5. The van der Waals surface area contributed by atoms with Gasteiger partial charge in [0.1, 0.15) is 11.5 Å². The summed E-state index contributed by atoms with van der Waals surface area (Å²) in [6.07, 6.45) is 4.17. The lowest BCUT2D eigenvalue weighted by Gasteiger charge is -2.29. The normalized spacial score (nSPS) is 18.3. The lowest BCUT2D eigenvalue weighted by atomic mass is 9.86. The molecule has 0 radical (unpaired) electrons. The third-order valence-electron chi connectivity index (χ3n) is 6.31. The van der Waals surface area contributed by atoms with Gasteiger partial charge in [-0.1, -0.05) is 12.1 Å². The van der Waals surface area contributed by atoms with E-state index in [4.69, 9.17) is 9.97 Å². The minimum atomic E-state index is -0.0645. The summed E-state index contributed by atoms with van der Waals surface area (Å²) >= 11 is 3.51. The molecule has 0 atom stereocenters. The van der Waals surface area contributed by atoms with E-state index < -0.39 is 0 Å². The van der Waals surface area contributed by atoms with Crippen LogP contribution < -0.4 is 15.5 Å². The molecule has 0 bridgehead atoms. The fourth-order valence-electron chi connectivity index (χ4n) is 4.48. The molecule has 1 saturated carbocycles. The van der Waals surface area contributed by atoms with Crippen LogP contribution in [0.5, 0.6) is 0 Å². The zero-order chi connectivity index (χ0) is 23.5. The minimum Gasteiger partial charge on any atom is -0.362 e. The first-order valence-electron chi connectivity index (χ1n) is 11.6. The van der Waals surface area contributed by atoms with Gasteiger partial charge in [0.25, 0.3) is 5.91 Å². The fourth-order valence-corrected chi connectivity index (χ4v) is 4.95. The molecule has 9 heteroatoms. The Balaban J connectivity index is 1.33. The second kappa shape index (κ2) is 10.1. The van der Waals surface area contributed by atoms with Crippen LogP contribution in [0.2, 0.25) is 0 Å². The average Bonchev–Trinajstić information content (AvgIpc) is 3.11. The lowest BCUT2D eigenvalue weighted by Crippen LogP contribution is -2.35. The summed E-state index contributed by atoms with van der Waals surface area (Å²) in [6, 6.07) is 8.44. The van der Waals surface area contributed by atoms with E-state index in [1.165, 1.54) is 0 Å². The van der Waals surface area contributed by atoms with Crippen molar-refractivity contribution in [2.24, 2.45) is 5.92 Å². The lowest BCUT2D eigenvalue weighted by molar-refractivity contribution is 0.0931. The van der Waals surface area contributed by atoms with E-state index in [0.29, 0.717) is 36.7 Å².